The van der Waals surface area contributed by atoms with Crippen molar-refractivity contribution in [1.82, 2.24) is 10.2 Å². The molecule has 19 heavy (non-hydrogen) atoms. The zero-order valence-corrected chi connectivity index (χ0v) is 12.0. The van der Waals surface area contributed by atoms with Crippen LogP contribution < -0.4 is 5.32 Å². The van der Waals surface area contributed by atoms with Gasteiger partial charge in [0, 0.05) is 32.2 Å². The van der Waals surface area contributed by atoms with Crippen LogP contribution in [0.5, 0.6) is 0 Å². The molecular weight excluding hydrogens is 236 g/mol. The largest absolute Gasteiger partial charge is 0.379 e. The molecule has 0 spiro atoms. The first-order valence-electron chi connectivity index (χ1n) is 7.33. The summed E-state index contributed by atoms with van der Waals surface area (Å²) >= 11 is 0. The van der Waals surface area contributed by atoms with Crippen molar-refractivity contribution in [1.29, 1.82) is 0 Å². The van der Waals surface area contributed by atoms with E-state index in [1.54, 1.807) is 0 Å². The molecule has 0 amide bonds. The van der Waals surface area contributed by atoms with E-state index in [-0.39, 0.29) is 5.41 Å². The Bertz CT molecular complexity index is 436. The fraction of sp³-hybridized carbons (Fsp3) is 0.625. The molecule has 0 aromatic heterocycles. The van der Waals surface area contributed by atoms with E-state index in [1.165, 1.54) is 11.1 Å². The third kappa shape index (κ3) is 2.20. The van der Waals surface area contributed by atoms with Gasteiger partial charge in [0.05, 0.1) is 18.6 Å². The van der Waals surface area contributed by atoms with Crippen molar-refractivity contribution in [3.05, 3.63) is 35.4 Å². The minimum absolute atomic E-state index is 0.197. The van der Waals surface area contributed by atoms with Crippen LogP contribution in [0.2, 0.25) is 0 Å². The van der Waals surface area contributed by atoms with E-state index < -0.39 is 0 Å². The molecule has 2 aliphatic heterocycles. The maximum Gasteiger partial charge on any atom is 0.0600 e. The van der Waals surface area contributed by atoms with Gasteiger partial charge in [-0.15, -0.1) is 0 Å². The molecule has 2 aliphatic rings. The van der Waals surface area contributed by atoms with Gasteiger partial charge in [-0.05, 0) is 25.0 Å². The van der Waals surface area contributed by atoms with Crippen LogP contribution >= 0.6 is 0 Å². The Kier molecular flexibility index (Phi) is 3.61. The third-order valence-corrected chi connectivity index (χ3v) is 4.90. The second-order valence-corrected chi connectivity index (χ2v) is 5.93. The van der Waals surface area contributed by atoms with E-state index in [2.05, 4.69) is 48.3 Å². The number of hydrogen-bond acceptors (Lipinski definition) is 3. The molecular formula is C16H24N2O. The van der Waals surface area contributed by atoms with Gasteiger partial charge in [-0.2, -0.15) is 0 Å². The van der Waals surface area contributed by atoms with Crippen molar-refractivity contribution in [3.8, 4) is 0 Å². The Morgan fingerprint density at radius 3 is 2.47 bits per heavy atom. The number of ether oxygens (including phenoxy) is 1. The summed E-state index contributed by atoms with van der Waals surface area (Å²) in [5, 5.41) is 3.44. The SMILES string of the molecule is Cc1ccccc1C1(C(C)N2CCNCC2)COC1. The van der Waals surface area contributed by atoms with Crippen LogP contribution in [-0.2, 0) is 10.2 Å². The Morgan fingerprint density at radius 2 is 1.89 bits per heavy atom. The number of nitrogens with zero attached hydrogens (tertiary/aromatic N) is 1. The van der Waals surface area contributed by atoms with Gasteiger partial charge in [0.25, 0.3) is 0 Å². The van der Waals surface area contributed by atoms with Gasteiger partial charge in [-0.1, -0.05) is 24.3 Å². The summed E-state index contributed by atoms with van der Waals surface area (Å²) in [7, 11) is 0. The summed E-state index contributed by atoms with van der Waals surface area (Å²) in [4.78, 5) is 2.62. The van der Waals surface area contributed by atoms with E-state index in [4.69, 9.17) is 4.74 Å². The van der Waals surface area contributed by atoms with Crippen LogP contribution in [0.4, 0.5) is 0 Å². The van der Waals surface area contributed by atoms with Crippen LogP contribution in [0.25, 0.3) is 0 Å². The van der Waals surface area contributed by atoms with Gasteiger partial charge in [-0.3, -0.25) is 4.90 Å². The Balaban J connectivity index is 1.88. The summed E-state index contributed by atoms with van der Waals surface area (Å²) in [6, 6.07) is 9.34. The van der Waals surface area contributed by atoms with Crippen LogP contribution in [0, 0.1) is 6.92 Å². The van der Waals surface area contributed by atoms with Crippen molar-refractivity contribution in [2.75, 3.05) is 39.4 Å². The normalized spacial score (nSPS) is 24.7. The molecule has 2 fully saturated rings. The zero-order valence-electron chi connectivity index (χ0n) is 12.0. The molecule has 1 unspecified atom stereocenters. The fourth-order valence-electron chi connectivity index (χ4n) is 3.49. The predicted octanol–water partition coefficient (Wildman–Crippen LogP) is 1.56. The van der Waals surface area contributed by atoms with Gasteiger partial charge in [0.2, 0.25) is 0 Å². The number of piperazine rings is 1. The van der Waals surface area contributed by atoms with Crippen molar-refractivity contribution in [2.24, 2.45) is 0 Å². The summed E-state index contributed by atoms with van der Waals surface area (Å²) in [5.74, 6) is 0. The van der Waals surface area contributed by atoms with E-state index in [0.717, 1.165) is 39.4 Å². The average Bonchev–Trinajstić information content (AvgIpc) is 2.40. The molecule has 104 valence electrons. The van der Waals surface area contributed by atoms with E-state index >= 15 is 0 Å². The first kappa shape index (κ1) is 13.1. The predicted molar refractivity (Wildman–Crippen MR) is 77.6 cm³/mol. The van der Waals surface area contributed by atoms with Crippen LogP contribution in [0.1, 0.15) is 18.1 Å². The van der Waals surface area contributed by atoms with E-state index in [0.29, 0.717) is 6.04 Å². The number of benzene rings is 1. The first-order chi connectivity index (χ1) is 9.24. The summed E-state index contributed by atoms with van der Waals surface area (Å²) in [6.07, 6.45) is 0. The lowest BCUT2D eigenvalue weighted by Crippen LogP contribution is -2.62. The van der Waals surface area contributed by atoms with Crippen molar-refractivity contribution in [2.45, 2.75) is 25.3 Å². The van der Waals surface area contributed by atoms with Gasteiger partial charge in [0.1, 0.15) is 0 Å². The van der Waals surface area contributed by atoms with Crippen molar-refractivity contribution < 1.29 is 4.74 Å². The molecule has 1 N–H and O–H groups in total. The molecule has 3 nitrogen and oxygen atoms in total. The number of aryl methyl sites for hydroxylation is 1. The maximum absolute atomic E-state index is 5.62. The highest BCUT2D eigenvalue weighted by molar-refractivity contribution is 5.37. The number of hydrogen-bond donors (Lipinski definition) is 1. The minimum Gasteiger partial charge on any atom is -0.379 e. The standard InChI is InChI=1S/C16H24N2O/c1-13-5-3-4-6-15(13)16(11-19-12-16)14(2)18-9-7-17-8-10-18/h3-6,14,17H,7-12H2,1-2H3. The summed E-state index contributed by atoms with van der Waals surface area (Å²) in [6.45, 7) is 10.8. The smallest absolute Gasteiger partial charge is 0.0600 e. The first-order valence-corrected chi connectivity index (χ1v) is 7.33. The quantitative estimate of drug-likeness (QED) is 0.892. The van der Waals surface area contributed by atoms with Crippen molar-refractivity contribution in [3.63, 3.8) is 0 Å². The number of rotatable bonds is 3. The Morgan fingerprint density at radius 1 is 1.21 bits per heavy atom. The lowest BCUT2D eigenvalue weighted by molar-refractivity contribution is -0.101. The lowest BCUT2D eigenvalue weighted by atomic mass is 9.71. The van der Waals surface area contributed by atoms with Crippen LogP contribution in [0.15, 0.2) is 24.3 Å². The van der Waals surface area contributed by atoms with Crippen LogP contribution in [0.3, 0.4) is 0 Å². The molecule has 2 saturated heterocycles. The average molecular weight is 260 g/mol. The molecule has 1 atom stereocenters. The fourth-order valence-corrected chi connectivity index (χ4v) is 3.49. The minimum atomic E-state index is 0.197. The lowest BCUT2D eigenvalue weighted by Gasteiger charge is -2.51. The maximum atomic E-state index is 5.62. The highest BCUT2D eigenvalue weighted by Gasteiger charge is 2.47. The van der Waals surface area contributed by atoms with Gasteiger partial charge in [-0.25, -0.2) is 0 Å². The molecule has 0 aliphatic carbocycles. The van der Waals surface area contributed by atoms with Gasteiger partial charge < -0.3 is 10.1 Å². The highest BCUT2D eigenvalue weighted by Crippen LogP contribution is 2.39. The second kappa shape index (κ2) is 5.23. The number of nitrogens with one attached hydrogen (secondary N) is 1. The molecule has 3 rings (SSSR count). The molecule has 2 heterocycles. The summed E-state index contributed by atoms with van der Waals surface area (Å²) < 4.78 is 5.62. The van der Waals surface area contributed by atoms with Crippen LogP contribution in [-0.4, -0.2) is 50.3 Å². The molecule has 3 heteroatoms. The zero-order chi connectivity index (χ0) is 13.3. The second-order valence-electron chi connectivity index (χ2n) is 5.93. The molecule has 0 radical (unpaired) electrons. The topological polar surface area (TPSA) is 24.5 Å². The molecule has 0 saturated carbocycles. The van der Waals surface area contributed by atoms with Gasteiger partial charge in [0.15, 0.2) is 0 Å². The Hall–Kier alpha value is -0.900. The molecule has 1 aromatic rings. The highest BCUT2D eigenvalue weighted by atomic mass is 16.5. The molecule has 1 aromatic carbocycles. The van der Waals surface area contributed by atoms with E-state index in [9.17, 15) is 0 Å². The van der Waals surface area contributed by atoms with Crippen molar-refractivity contribution >= 4 is 0 Å². The monoisotopic (exact) mass is 260 g/mol. The molecule has 0 bridgehead atoms. The summed E-state index contributed by atoms with van der Waals surface area (Å²) in [5.41, 5.74) is 3.07. The van der Waals surface area contributed by atoms with E-state index in [1.807, 2.05) is 0 Å². The third-order valence-electron chi connectivity index (χ3n) is 4.90. The Labute approximate surface area is 115 Å². The van der Waals surface area contributed by atoms with Gasteiger partial charge >= 0.3 is 0 Å².